The van der Waals surface area contributed by atoms with Crippen LogP contribution in [0.15, 0.2) is 88.1 Å². The fraction of sp³-hybridized carbons (Fsp3) is 0.179. The van der Waals surface area contributed by atoms with Gasteiger partial charge in [0, 0.05) is 29.4 Å². The van der Waals surface area contributed by atoms with Crippen molar-refractivity contribution < 1.29 is 23.5 Å². The number of ether oxygens (including phenoxy) is 2. The average Bonchev–Trinajstić information content (AvgIpc) is 2.88. The molecule has 0 bridgehead atoms. The smallest absolute Gasteiger partial charge is 0.349 e. The number of carbonyl (C=O) groups excluding carboxylic acids is 2. The minimum absolute atomic E-state index is 0.0824. The largest absolute Gasteiger partial charge is 0.494 e. The summed E-state index contributed by atoms with van der Waals surface area (Å²) >= 11 is 5.84. The van der Waals surface area contributed by atoms with Gasteiger partial charge in [-0.1, -0.05) is 41.9 Å². The molecule has 4 rings (SSSR count). The summed E-state index contributed by atoms with van der Waals surface area (Å²) in [5.41, 5.74) is 0.459. The first-order valence-electron chi connectivity index (χ1n) is 11.5. The predicted octanol–water partition coefficient (Wildman–Crippen LogP) is 5.18. The Morgan fingerprint density at radius 2 is 1.67 bits per heavy atom. The van der Waals surface area contributed by atoms with Gasteiger partial charge < -0.3 is 19.2 Å². The zero-order valence-electron chi connectivity index (χ0n) is 19.4. The van der Waals surface area contributed by atoms with E-state index in [1.54, 1.807) is 36.4 Å². The van der Waals surface area contributed by atoms with Crippen LogP contribution in [0, 0.1) is 0 Å². The predicted molar refractivity (Wildman–Crippen MR) is 137 cm³/mol. The molecule has 0 aliphatic heterocycles. The first kappa shape index (κ1) is 25.0. The Morgan fingerprint density at radius 3 is 2.44 bits per heavy atom. The maximum absolute atomic E-state index is 12.5. The zero-order chi connectivity index (χ0) is 25.3. The molecule has 184 valence electrons. The molecular weight excluding hydrogens is 482 g/mol. The van der Waals surface area contributed by atoms with Gasteiger partial charge in [0.1, 0.15) is 22.6 Å². The number of fused-ring (bicyclic) bond motifs is 1. The lowest BCUT2D eigenvalue weighted by Gasteiger charge is -2.08. The molecule has 0 fully saturated rings. The molecule has 0 saturated heterocycles. The van der Waals surface area contributed by atoms with E-state index >= 15 is 0 Å². The van der Waals surface area contributed by atoms with Crippen LogP contribution in [0.1, 0.15) is 28.8 Å². The molecule has 0 spiro atoms. The van der Waals surface area contributed by atoms with Crippen molar-refractivity contribution in [3.63, 3.8) is 0 Å². The highest BCUT2D eigenvalue weighted by atomic mass is 35.5. The lowest BCUT2D eigenvalue weighted by atomic mass is 10.1. The van der Waals surface area contributed by atoms with Crippen LogP contribution in [-0.2, 0) is 11.2 Å². The van der Waals surface area contributed by atoms with Crippen LogP contribution in [-0.4, -0.2) is 25.0 Å². The van der Waals surface area contributed by atoms with Crippen molar-refractivity contribution in [1.82, 2.24) is 5.32 Å². The summed E-state index contributed by atoms with van der Waals surface area (Å²) in [6.07, 6.45) is 1.26. The van der Waals surface area contributed by atoms with E-state index in [1.807, 2.05) is 30.3 Å². The van der Waals surface area contributed by atoms with Gasteiger partial charge in [0.15, 0.2) is 0 Å². The summed E-state index contributed by atoms with van der Waals surface area (Å²) in [6, 6.07) is 22.8. The third-order valence-electron chi connectivity index (χ3n) is 5.33. The van der Waals surface area contributed by atoms with Crippen molar-refractivity contribution in [2.24, 2.45) is 0 Å². The summed E-state index contributed by atoms with van der Waals surface area (Å²) in [7, 11) is 0. The van der Waals surface area contributed by atoms with Crippen molar-refractivity contribution in [1.29, 1.82) is 0 Å². The summed E-state index contributed by atoms with van der Waals surface area (Å²) in [5, 5.41) is 3.90. The standard InChI is InChI=1S/C28H24ClNO6/c29-21-9-12-22(13-10-21)34-16-4-7-26(31)35-23-11-8-20-17-24(28(33)36-25(20)18-23)27(32)30-15-14-19-5-2-1-3-6-19/h1-3,5-6,8-13,17-18H,4,7,14-16H2,(H,30,32). The third kappa shape index (κ3) is 6.96. The van der Waals surface area contributed by atoms with Crippen LogP contribution in [0.5, 0.6) is 11.5 Å². The molecule has 1 aromatic heterocycles. The Kier molecular flexibility index (Phi) is 8.36. The normalized spacial score (nSPS) is 10.7. The molecule has 36 heavy (non-hydrogen) atoms. The molecule has 3 aromatic carbocycles. The third-order valence-corrected chi connectivity index (χ3v) is 5.59. The van der Waals surface area contributed by atoms with E-state index in [-0.39, 0.29) is 23.3 Å². The van der Waals surface area contributed by atoms with Crippen molar-refractivity contribution >= 4 is 34.4 Å². The number of esters is 1. The van der Waals surface area contributed by atoms with Crippen LogP contribution in [0.3, 0.4) is 0 Å². The quantitative estimate of drug-likeness (QED) is 0.138. The Morgan fingerprint density at radius 1 is 0.917 bits per heavy atom. The Bertz CT molecular complexity index is 1400. The molecule has 4 aromatic rings. The highest BCUT2D eigenvalue weighted by Gasteiger charge is 2.14. The fourth-order valence-corrected chi connectivity index (χ4v) is 3.62. The first-order valence-corrected chi connectivity index (χ1v) is 11.8. The summed E-state index contributed by atoms with van der Waals surface area (Å²) in [5.74, 6) is -0.0281. The minimum Gasteiger partial charge on any atom is -0.494 e. The van der Waals surface area contributed by atoms with Crippen LogP contribution in [0.2, 0.25) is 5.02 Å². The Hall–Kier alpha value is -4.10. The number of amides is 1. The van der Waals surface area contributed by atoms with Crippen molar-refractivity contribution in [3.05, 3.63) is 105 Å². The number of hydrogen-bond acceptors (Lipinski definition) is 6. The maximum atomic E-state index is 12.5. The second-order valence-electron chi connectivity index (χ2n) is 8.02. The van der Waals surface area contributed by atoms with Gasteiger partial charge in [-0.15, -0.1) is 0 Å². The van der Waals surface area contributed by atoms with Gasteiger partial charge in [-0.3, -0.25) is 9.59 Å². The summed E-state index contributed by atoms with van der Waals surface area (Å²) in [6.45, 7) is 0.736. The molecule has 0 aliphatic rings. The van der Waals surface area contributed by atoms with E-state index in [1.165, 1.54) is 12.1 Å². The van der Waals surface area contributed by atoms with Crippen molar-refractivity contribution in [2.75, 3.05) is 13.2 Å². The van der Waals surface area contributed by atoms with E-state index in [9.17, 15) is 14.4 Å². The van der Waals surface area contributed by atoms with Crippen molar-refractivity contribution in [3.8, 4) is 11.5 Å². The van der Waals surface area contributed by atoms with Gasteiger partial charge in [-0.2, -0.15) is 0 Å². The maximum Gasteiger partial charge on any atom is 0.349 e. The molecule has 0 aliphatic carbocycles. The molecule has 1 amide bonds. The Labute approximate surface area is 212 Å². The van der Waals surface area contributed by atoms with Gasteiger partial charge in [0.2, 0.25) is 0 Å². The number of carbonyl (C=O) groups is 2. The van der Waals surface area contributed by atoms with Gasteiger partial charge in [-0.25, -0.2) is 4.79 Å². The van der Waals surface area contributed by atoms with Gasteiger partial charge in [0.05, 0.1) is 6.61 Å². The second kappa shape index (κ2) is 12.0. The average molecular weight is 506 g/mol. The number of halogens is 1. The highest BCUT2D eigenvalue weighted by molar-refractivity contribution is 6.30. The first-order chi connectivity index (χ1) is 17.5. The topological polar surface area (TPSA) is 94.8 Å². The molecule has 0 saturated carbocycles. The SMILES string of the molecule is O=C(CCCOc1ccc(Cl)cc1)Oc1ccc2cc(C(=O)NCCc3ccccc3)c(=O)oc2c1. The molecular formula is C28H24ClNO6. The Balaban J connectivity index is 1.29. The number of benzene rings is 3. The van der Waals surface area contributed by atoms with E-state index < -0.39 is 17.5 Å². The fourth-order valence-electron chi connectivity index (χ4n) is 3.49. The molecule has 0 radical (unpaired) electrons. The minimum atomic E-state index is -0.762. The van der Waals surface area contributed by atoms with E-state index in [0.29, 0.717) is 42.2 Å². The van der Waals surface area contributed by atoms with E-state index in [2.05, 4.69) is 5.32 Å². The molecule has 0 unspecified atom stereocenters. The lowest BCUT2D eigenvalue weighted by Crippen LogP contribution is -2.29. The van der Waals surface area contributed by atoms with Crippen molar-refractivity contribution in [2.45, 2.75) is 19.3 Å². The second-order valence-corrected chi connectivity index (χ2v) is 8.46. The van der Waals surface area contributed by atoms with Gasteiger partial charge in [0.25, 0.3) is 5.91 Å². The van der Waals surface area contributed by atoms with Crippen LogP contribution < -0.4 is 20.4 Å². The van der Waals surface area contributed by atoms with Crippen LogP contribution >= 0.6 is 11.6 Å². The summed E-state index contributed by atoms with van der Waals surface area (Å²) < 4.78 is 16.2. The monoisotopic (exact) mass is 505 g/mol. The van der Waals surface area contributed by atoms with E-state index in [4.69, 9.17) is 25.5 Å². The molecule has 8 heteroatoms. The molecule has 1 N–H and O–H groups in total. The molecule has 0 atom stereocenters. The molecule has 7 nitrogen and oxygen atoms in total. The highest BCUT2D eigenvalue weighted by Crippen LogP contribution is 2.21. The number of nitrogens with one attached hydrogen (secondary N) is 1. The van der Waals surface area contributed by atoms with Gasteiger partial charge >= 0.3 is 11.6 Å². The molecule has 1 heterocycles. The van der Waals surface area contributed by atoms with E-state index in [0.717, 1.165) is 5.56 Å². The van der Waals surface area contributed by atoms with Crippen LogP contribution in [0.25, 0.3) is 11.0 Å². The zero-order valence-corrected chi connectivity index (χ0v) is 20.1. The van der Waals surface area contributed by atoms with Crippen LogP contribution in [0.4, 0.5) is 0 Å². The van der Waals surface area contributed by atoms with Gasteiger partial charge in [-0.05, 0) is 60.9 Å². The number of rotatable bonds is 10. The number of hydrogen-bond donors (Lipinski definition) is 1. The lowest BCUT2D eigenvalue weighted by molar-refractivity contribution is -0.134. The summed E-state index contributed by atoms with van der Waals surface area (Å²) in [4.78, 5) is 37.1.